The maximum absolute atomic E-state index is 5.63. The number of rotatable bonds is 5. The molecule has 0 aromatic heterocycles. The Morgan fingerprint density at radius 1 is 1.50 bits per heavy atom. The maximum atomic E-state index is 5.63. The first-order valence-corrected chi connectivity index (χ1v) is 6.73. The van der Waals surface area contributed by atoms with Gasteiger partial charge in [0.2, 0.25) is 0 Å². The fourth-order valence-corrected chi connectivity index (χ4v) is 2.95. The van der Waals surface area contributed by atoms with E-state index in [1.54, 1.807) is 0 Å². The van der Waals surface area contributed by atoms with Gasteiger partial charge in [-0.15, -0.1) is 0 Å². The van der Waals surface area contributed by atoms with Crippen LogP contribution >= 0.6 is 0 Å². The van der Waals surface area contributed by atoms with E-state index < -0.39 is 0 Å². The van der Waals surface area contributed by atoms with E-state index in [9.17, 15) is 0 Å². The summed E-state index contributed by atoms with van der Waals surface area (Å²) in [5.74, 6) is 0.915. The van der Waals surface area contributed by atoms with E-state index in [2.05, 4.69) is 31.0 Å². The molecule has 0 aromatic carbocycles. The second kappa shape index (κ2) is 5.03. The monoisotopic (exact) mass is 226 g/mol. The van der Waals surface area contributed by atoms with Crippen LogP contribution in [0.4, 0.5) is 0 Å². The summed E-state index contributed by atoms with van der Waals surface area (Å²) in [6, 6.07) is 0. The molecule has 1 saturated heterocycles. The Morgan fingerprint density at radius 3 is 2.88 bits per heavy atom. The van der Waals surface area contributed by atoms with Crippen LogP contribution in [0.15, 0.2) is 0 Å². The normalized spacial score (nSPS) is 33.9. The number of ether oxygens (including phenoxy) is 1. The summed E-state index contributed by atoms with van der Waals surface area (Å²) in [5, 5.41) is 3.71. The zero-order valence-electron chi connectivity index (χ0n) is 11.0. The van der Waals surface area contributed by atoms with Gasteiger partial charge in [-0.05, 0) is 39.5 Å². The standard InChI is InChI=1S/C13H26N2O/c1-4-16-11(2)9-15-8-7-14-13(3,10-15)12-5-6-12/h11-12,14H,4-10H2,1-3H3. The molecule has 1 aliphatic heterocycles. The highest BCUT2D eigenvalue weighted by Gasteiger charge is 2.43. The molecule has 3 heteroatoms. The molecular formula is C13H26N2O. The number of nitrogens with zero attached hydrogens (tertiary/aromatic N) is 1. The van der Waals surface area contributed by atoms with Crippen molar-refractivity contribution in [2.45, 2.75) is 45.3 Å². The summed E-state index contributed by atoms with van der Waals surface area (Å²) >= 11 is 0. The van der Waals surface area contributed by atoms with Crippen LogP contribution in [0.25, 0.3) is 0 Å². The SMILES string of the molecule is CCOC(C)CN1CCNC(C)(C2CC2)C1. The summed E-state index contributed by atoms with van der Waals surface area (Å²) in [6.45, 7) is 12.0. The van der Waals surface area contributed by atoms with Gasteiger partial charge in [0.25, 0.3) is 0 Å². The average Bonchev–Trinajstić information content (AvgIpc) is 3.00. The molecule has 1 N–H and O–H groups in total. The molecule has 1 aliphatic carbocycles. The smallest absolute Gasteiger partial charge is 0.0673 e. The Hall–Kier alpha value is -0.120. The number of hydrogen-bond donors (Lipinski definition) is 1. The van der Waals surface area contributed by atoms with Crippen molar-refractivity contribution in [1.82, 2.24) is 10.2 Å². The molecule has 0 bridgehead atoms. The molecule has 2 fully saturated rings. The maximum Gasteiger partial charge on any atom is 0.0673 e. The minimum Gasteiger partial charge on any atom is -0.377 e. The van der Waals surface area contributed by atoms with Crippen molar-refractivity contribution in [2.24, 2.45) is 5.92 Å². The quantitative estimate of drug-likeness (QED) is 0.768. The molecule has 0 spiro atoms. The molecule has 3 nitrogen and oxygen atoms in total. The number of piperazine rings is 1. The zero-order chi connectivity index (χ0) is 11.6. The fraction of sp³-hybridized carbons (Fsp3) is 1.00. The van der Waals surface area contributed by atoms with Crippen LogP contribution < -0.4 is 5.32 Å². The van der Waals surface area contributed by atoms with E-state index in [0.29, 0.717) is 11.6 Å². The average molecular weight is 226 g/mol. The van der Waals surface area contributed by atoms with Crippen LogP contribution in [0.1, 0.15) is 33.6 Å². The van der Waals surface area contributed by atoms with Crippen LogP contribution in [0.2, 0.25) is 0 Å². The van der Waals surface area contributed by atoms with E-state index in [0.717, 1.165) is 25.6 Å². The van der Waals surface area contributed by atoms with Gasteiger partial charge < -0.3 is 10.1 Å². The van der Waals surface area contributed by atoms with Crippen LogP contribution in [0.5, 0.6) is 0 Å². The molecular weight excluding hydrogens is 200 g/mol. The van der Waals surface area contributed by atoms with Crippen LogP contribution in [0.3, 0.4) is 0 Å². The highest BCUT2D eigenvalue weighted by molar-refractivity contribution is 5.02. The minimum absolute atomic E-state index is 0.365. The Labute approximate surface area is 99.5 Å². The molecule has 2 aliphatic rings. The summed E-state index contributed by atoms with van der Waals surface area (Å²) < 4.78 is 5.63. The van der Waals surface area contributed by atoms with Crippen molar-refractivity contribution < 1.29 is 4.74 Å². The third-order valence-electron chi connectivity index (χ3n) is 3.95. The second-order valence-electron chi connectivity index (χ2n) is 5.62. The number of nitrogens with one attached hydrogen (secondary N) is 1. The van der Waals surface area contributed by atoms with Gasteiger partial charge in [-0.25, -0.2) is 0 Å². The van der Waals surface area contributed by atoms with E-state index in [1.807, 2.05) is 0 Å². The van der Waals surface area contributed by atoms with Crippen molar-refractivity contribution in [3.63, 3.8) is 0 Å². The Kier molecular flexibility index (Phi) is 3.88. The van der Waals surface area contributed by atoms with E-state index >= 15 is 0 Å². The fourth-order valence-electron chi connectivity index (χ4n) is 2.95. The second-order valence-corrected chi connectivity index (χ2v) is 5.62. The molecule has 0 aromatic rings. The van der Waals surface area contributed by atoms with Crippen LogP contribution in [0, 0.1) is 5.92 Å². The molecule has 0 amide bonds. The molecule has 0 radical (unpaired) electrons. The van der Waals surface area contributed by atoms with Crippen molar-refractivity contribution in [2.75, 3.05) is 32.8 Å². The lowest BCUT2D eigenvalue weighted by atomic mass is 9.93. The molecule has 2 atom stereocenters. The van der Waals surface area contributed by atoms with Gasteiger partial charge >= 0.3 is 0 Å². The summed E-state index contributed by atoms with van der Waals surface area (Å²) in [5.41, 5.74) is 0.365. The summed E-state index contributed by atoms with van der Waals surface area (Å²) in [6.07, 6.45) is 3.20. The Morgan fingerprint density at radius 2 is 2.25 bits per heavy atom. The molecule has 1 saturated carbocycles. The first-order valence-electron chi connectivity index (χ1n) is 6.73. The lowest BCUT2D eigenvalue weighted by Crippen LogP contribution is -2.60. The van der Waals surface area contributed by atoms with Crippen molar-refractivity contribution in [3.05, 3.63) is 0 Å². The topological polar surface area (TPSA) is 24.5 Å². The highest BCUT2D eigenvalue weighted by atomic mass is 16.5. The lowest BCUT2D eigenvalue weighted by Gasteiger charge is -2.42. The highest BCUT2D eigenvalue weighted by Crippen LogP contribution is 2.40. The third-order valence-corrected chi connectivity index (χ3v) is 3.95. The van der Waals surface area contributed by atoms with Gasteiger partial charge in [-0.2, -0.15) is 0 Å². The Bertz CT molecular complexity index is 230. The van der Waals surface area contributed by atoms with Crippen molar-refractivity contribution >= 4 is 0 Å². The molecule has 1 heterocycles. The predicted molar refractivity (Wildman–Crippen MR) is 66.7 cm³/mol. The van der Waals surface area contributed by atoms with E-state index in [1.165, 1.54) is 25.9 Å². The molecule has 2 unspecified atom stereocenters. The largest absolute Gasteiger partial charge is 0.377 e. The minimum atomic E-state index is 0.365. The first-order chi connectivity index (χ1) is 7.64. The third kappa shape index (κ3) is 2.96. The zero-order valence-corrected chi connectivity index (χ0v) is 11.0. The van der Waals surface area contributed by atoms with Gasteiger partial charge in [0.15, 0.2) is 0 Å². The molecule has 2 rings (SSSR count). The van der Waals surface area contributed by atoms with Crippen molar-refractivity contribution in [3.8, 4) is 0 Å². The van der Waals surface area contributed by atoms with E-state index in [-0.39, 0.29) is 0 Å². The van der Waals surface area contributed by atoms with Crippen LogP contribution in [-0.2, 0) is 4.74 Å². The van der Waals surface area contributed by atoms with Gasteiger partial charge in [0, 0.05) is 38.3 Å². The predicted octanol–water partition coefficient (Wildman–Crippen LogP) is 1.49. The van der Waals surface area contributed by atoms with Crippen LogP contribution in [-0.4, -0.2) is 49.3 Å². The lowest BCUT2D eigenvalue weighted by molar-refractivity contribution is 0.0262. The molecule has 16 heavy (non-hydrogen) atoms. The Balaban J connectivity index is 1.81. The molecule has 94 valence electrons. The van der Waals surface area contributed by atoms with Gasteiger partial charge in [-0.1, -0.05) is 0 Å². The summed E-state index contributed by atoms with van der Waals surface area (Å²) in [7, 11) is 0. The number of hydrogen-bond acceptors (Lipinski definition) is 3. The first kappa shape index (κ1) is 12.3. The van der Waals surface area contributed by atoms with E-state index in [4.69, 9.17) is 4.74 Å². The van der Waals surface area contributed by atoms with Gasteiger partial charge in [-0.3, -0.25) is 4.90 Å². The van der Waals surface area contributed by atoms with Gasteiger partial charge in [0.05, 0.1) is 6.10 Å². The van der Waals surface area contributed by atoms with Crippen molar-refractivity contribution in [1.29, 1.82) is 0 Å². The summed E-state index contributed by atoms with van der Waals surface area (Å²) in [4.78, 5) is 2.56. The van der Waals surface area contributed by atoms with Gasteiger partial charge in [0.1, 0.15) is 0 Å².